The molecule has 0 aliphatic rings. The molecule has 6 heteroatoms. The number of aryl methyl sites for hydroxylation is 1. The van der Waals surface area contributed by atoms with Crippen LogP contribution in [-0.4, -0.2) is 20.1 Å². The lowest BCUT2D eigenvalue weighted by Crippen LogP contribution is -2.25. The number of nitrogens with one attached hydrogen (secondary N) is 1. The van der Waals surface area contributed by atoms with Crippen molar-refractivity contribution in [1.29, 1.82) is 0 Å². The van der Waals surface area contributed by atoms with Crippen LogP contribution in [0.4, 0.5) is 0 Å². The zero-order valence-electron chi connectivity index (χ0n) is 11.1. The quantitative estimate of drug-likeness (QED) is 0.757. The number of thiophene rings is 1. The van der Waals surface area contributed by atoms with Crippen molar-refractivity contribution in [2.24, 2.45) is 5.92 Å². The first-order valence-electron chi connectivity index (χ1n) is 6.06. The Morgan fingerprint density at radius 2 is 2.11 bits per heavy atom. The van der Waals surface area contributed by atoms with Crippen LogP contribution >= 0.6 is 11.3 Å². The number of hydrogen-bond acceptors (Lipinski definition) is 4. The van der Waals surface area contributed by atoms with Crippen molar-refractivity contribution in [3.05, 3.63) is 15.8 Å². The van der Waals surface area contributed by atoms with Gasteiger partial charge in [-0.2, -0.15) is 0 Å². The van der Waals surface area contributed by atoms with Crippen LogP contribution in [0.2, 0.25) is 0 Å². The van der Waals surface area contributed by atoms with E-state index in [4.69, 9.17) is 5.11 Å². The fourth-order valence-corrected chi connectivity index (χ4v) is 4.23. The minimum absolute atomic E-state index is 0.117. The molecule has 0 bridgehead atoms. The summed E-state index contributed by atoms with van der Waals surface area (Å²) in [4.78, 5) is 1.69. The van der Waals surface area contributed by atoms with Gasteiger partial charge in [-0.3, -0.25) is 0 Å². The SMILES string of the molecule is Cc1sc(CO)cc1S(=O)(=O)NCCCC(C)C. The van der Waals surface area contributed by atoms with Crippen molar-refractivity contribution in [3.8, 4) is 0 Å². The Kier molecular flexibility index (Phi) is 5.78. The Morgan fingerprint density at radius 1 is 1.44 bits per heavy atom. The Morgan fingerprint density at radius 3 is 2.61 bits per heavy atom. The normalized spacial score (nSPS) is 12.3. The summed E-state index contributed by atoms with van der Waals surface area (Å²) < 4.78 is 26.7. The smallest absolute Gasteiger partial charge is 0.241 e. The maximum Gasteiger partial charge on any atom is 0.241 e. The van der Waals surface area contributed by atoms with Crippen molar-refractivity contribution in [2.75, 3.05) is 6.54 Å². The average Bonchev–Trinajstić information content (AvgIpc) is 2.66. The molecule has 0 fully saturated rings. The molecule has 0 radical (unpaired) electrons. The Labute approximate surface area is 113 Å². The van der Waals surface area contributed by atoms with Crippen LogP contribution in [0, 0.1) is 12.8 Å². The highest BCUT2D eigenvalue weighted by molar-refractivity contribution is 7.89. The lowest BCUT2D eigenvalue weighted by atomic mass is 10.1. The van der Waals surface area contributed by atoms with Crippen LogP contribution in [-0.2, 0) is 16.6 Å². The molecular formula is C12H21NO3S2. The molecule has 2 N–H and O–H groups in total. The van der Waals surface area contributed by atoms with Crippen LogP contribution in [0.25, 0.3) is 0 Å². The van der Waals surface area contributed by atoms with Gasteiger partial charge in [-0.25, -0.2) is 13.1 Å². The van der Waals surface area contributed by atoms with Gasteiger partial charge in [-0.1, -0.05) is 13.8 Å². The van der Waals surface area contributed by atoms with Crippen LogP contribution in [0.1, 0.15) is 36.4 Å². The standard InChI is InChI=1S/C12H21NO3S2/c1-9(2)5-4-6-13-18(15,16)12-7-11(8-14)17-10(12)3/h7,9,13-14H,4-6,8H2,1-3H3. The summed E-state index contributed by atoms with van der Waals surface area (Å²) >= 11 is 1.32. The number of aliphatic hydroxyl groups excluding tert-OH is 1. The molecule has 0 aliphatic carbocycles. The van der Waals surface area contributed by atoms with Crippen molar-refractivity contribution in [3.63, 3.8) is 0 Å². The molecular weight excluding hydrogens is 270 g/mol. The van der Waals surface area contributed by atoms with Crippen molar-refractivity contribution in [2.45, 2.75) is 45.1 Å². The first-order chi connectivity index (χ1) is 8.36. The van der Waals surface area contributed by atoms with Gasteiger partial charge in [-0.05, 0) is 31.7 Å². The molecule has 0 amide bonds. The van der Waals surface area contributed by atoms with Gasteiger partial charge in [0.15, 0.2) is 0 Å². The fourth-order valence-electron chi connectivity index (χ4n) is 1.66. The van der Waals surface area contributed by atoms with E-state index in [0.29, 0.717) is 22.2 Å². The molecule has 0 aliphatic heterocycles. The van der Waals surface area contributed by atoms with Gasteiger partial charge < -0.3 is 5.11 Å². The number of hydrogen-bond donors (Lipinski definition) is 2. The number of sulfonamides is 1. The molecule has 1 aromatic heterocycles. The first kappa shape index (κ1) is 15.6. The molecule has 0 saturated heterocycles. The van der Waals surface area contributed by atoms with E-state index in [-0.39, 0.29) is 6.61 Å². The molecule has 1 rings (SSSR count). The van der Waals surface area contributed by atoms with Gasteiger partial charge >= 0.3 is 0 Å². The number of aliphatic hydroxyl groups is 1. The topological polar surface area (TPSA) is 66.4 Å². The van der Waals surface area contributed by atoms with Gasteiger partial charge in [0, 0.05) is 16.3 Å². The second-order valence-corrected chi connectivity index (χ2v) is 7.80. The number of rotatable bonds is 7. The third-order valence-corrected chi connectivity index (χ3v) is 5.37. The highest BCUT2D eigenvalue weighted by atomic mass is 32.2. The zero-order chi connectivity index (χ0) is 13.8. The lowest BCUT2D eigenvalue weighted by molar-refractivity contribution is 0.285. The minimum Gasteiger partial charge on any atom is -0.391 e. The van der Waals surface area contributed by atoms with Crippen LogP contribution in [0.15, 0.2) is 11.0 Å². The van der Waals surface area contributed by atoms with Crippen LogP contribution in [0.5, 0.6) is 0 Å². The summed E-state index contributed by atoms with van der Waals surface area (Å²) in [6.45, 7) is 6.33. The molecule has 0 saturated carbocycles. The maximum absolute atomic E-state index is 12.0. The third-order valence-electron chi connectivity index (χ3n) is 2.62. The summed E-state index contributed by atoms with van der Waals surface area (Å²) in [5.74, 6) is 0.582. The zero-order valence-corrected chi connectivity index (χ0v) is 12.7. The highest BCUT2D eigenvalue weighted by Gasteiger charge is 2.19. The predicted octanol–water partition coefficient (Wildman–Crippen LogP) is 2.26. The Hall–Kier alpha value is -0.430. The lowest BCUT2D eigenvalue weighted by Gasteiger charge is -2.07. The third kappa shape index (κ3) is 4.35. The van der Waals surface area contributed by atoms with Crippen molar-refractivity contribution < 1.29 is 13.5 Å². The van der Waals surface area contributed by atoms with E-state index in [1.807, 2.05) is 0 Å². The second kappa shape index (κ2) is 6.65. The molecule has 0 atom stereocenters. The van der Waals surface area contributed by atoms with Gasteiger partial charge in [-0.15, -0.1) is 11.3 Å². The molecule has 0 unspecified atom stereocenters. The monoisotopic (exact) mass is 291 g/mol. The van der Waals surface area contributed by atoms with Crippen LogP contribution in [0.3, 0.4) is 0 Å². The largest absolute Gasteiger partial charge is 0.391 e. The first-order valence-corrected chi connectivity index (χ1v) is 8.36. The molecule has 18 heavy (non-hydrogen) atoms. The molecule has 4 nitrogen and oxygen atoms in total. The van der Waals surface area contributed by atoms with E-state index >= 15 is 0 Å². The highest BCUT2D eigenvalue weighted by Crippen LogP contribution is 2.25. The summed E-state index contributed by atoms with van der Waals surface area (Å²) in [6, 6.07) is 1.55. The molecule has 1 heterocycles. The van der Waals surface area contributed by atoms with Gasteiger partial charge in [0.2, 0.25) is 10.0 Å². The van der Waals surface area contributed by atoms with E-state index in [2.05, 4.69) is 18.6 Å². The van der Waals surface area contributed by atoms with E-state index in [0.717, 1.165) is 17.7 Å². The fraction of sp³-hybridized carbons (Fsp3) is 0.667. The Balaban J connectivity index is 2.65. The van der Waals surface area contributed by atoms with Crippen LogP contribution < -0.4 is 4.72 Å². The van der Waals surface area contributed by atoms with Crippen molar-refractivity contribution >= 4 is 21.4 Å². The summed E-state index contributed by atoms with van der Waals surface area (Å²) in [7, 11) is -3.43. The van der Waals surface area contributed by atoms with E-state index < -0.39 is 10.0 Å². The summed E-state index contributed by atoms with van der Waals surface area (Å²) in [6.07, 6.45) is 1.85. The molecule has 0 aromatic carbocycles. The van der Waals surface area contributed by atoms with Crippen molar-refractivity contribution in [1.82, 2.24) is 4.72 Å². The molecule has 1 aromatic rings. The minimum atomic E-state index is -3.43. The van der Waals surface area contributed by atoms with E-state index in [1.165, 1.54) is 11.3 Å². The van der Waals surface area contributed by atoms with E-state index in [1.54, 1.807) is 13.0 Å². The second-order valence-electron chi connectivity index (χ2n) is 4.73. The Bertz CT molecular complexity index is 478. The summed E-state index contributed by atoms with van der Waals surface area (Å²) in [5.41, 5.74) is 0. The molecule has 0 spiro atoms. The average molecular weight is 291 g/mol. The van der Waals surface area contributed by atoms with Gasteiger partial charge in [0.25, 0.3) is 0 Å². The maximum atomic E-state index is 12.0. The van der Waals surface area contributed by atoms with Gasteiger partial charge in [0.05, 0.1) is 11.5 Å². The van der Waals surface area contributed by atoms with Gasteiger partial charge in [0.1, 0.15) is 0 Å². The predicted molar refractivity (Wildman–Crippen MR) is 74.2 cm³/mol. The van der Waals surface area contributed by atoms with E-state index in [9.17, 15) is 8.42 Å². The molecule has 104 valence electrons. The summed E-state index contributed by atoms with van der Waals surface area (Å²) in [5, 5.41) is 9.01.